The predicted molar refractivity (Wildman–Crippen MR) is 115 cm³/mol. The van der Waals surface area contributed by atoms with Crippen molar-refractivity contribution in [1.82, 2.24) is 4.98 Å². The number of aromatic carboxylic acids is 1. The summed E-state index contributed by atoms with van der Waals surface area (Å²) in [4.78, 5) is 28.2. The number of carboxylic acid groups (broad SMARTS) is 1. The van der Waals surface area contributed by atoms with Crippen molar-refractivity contribution < 1.29 is 24.2 Å². The van der Waals surface area contributed by atoms with Crippen LogP contribution in [0.1, 0.15) is 43.3 Å². The van der Waals surface area contributed by atoms with Gasteiger partial charge in [0.05, 0.1) is 12.1 Å². The molecule has 7 nitrogen and oxygen atoms in total. The number of hydrogen-bond acceptors (Lipinski definition) is 5. The van der Waals surface area contributed by atoms with E-state index in [0.717, 1.165) is 33.3 Å². The summed E-state index contributed by atoms with van der Waals surface area (Å²) in [5.41, 5.74) is 4.82. The van der Waals surface area contributed by atoms with Crippen molar-refractivity contribution >= 4 is 28.7 Å². The lowest BCUT2D eigenvalue weighted by molar-refractivity contribution is 0.0662. The summed E-state index contributed by atoms with van der Waals surface area (Å²) >= 11 is 0. The summed E-state index contributed by atoms with van der Waals surface area (Å²) in [7, 11) is 0. The molecule has 4 rings (SSSR count). The number of nitrogens with one attached hydrogen (secondary N) is 1. The molecule has 2 aromatic carbocycles. The second-order valence-corrected chi connectivity index (χ2v) is 7.19. The van der Waals surface area contributed by atoms with Crippen LogP contribution in [0.3, 0.4) is 0 Å². The van der Waals surface area contributed by atoms with E-state index in [0.29, 0.717) is 12.0 Å². The normalized spacial score (nSPS) is 10.9. The zero-order valence-electron chi connectivity index (χ0n) is 16.8. The lowest BCUT2D eigenvalue weighted by Gasteiger charge is -2.11. The van der Waals surface area contributed by atoms with E-state index in [-0.39, 0.29) is 18.3 Å². The van der Waals surface area contributed by atoms with Gasteiger partial charge < -0.3 is 14.6 Å². The van der Waals surface area contributed by atoms with Gasteiger partial charge in [0.2, 0.25) is 11.6 Å². The quantitative estimate of drug-likeness (QED) is 0.435. The Morgan fingerprint density at radius 2 is 1.84 bits per heavy atom. The molecule has 4 aromatic rings. The fourth-order valence-corrected chi connectivity index (χ4v) is 3.54. The third kappa shape index (κ3) is 4.31. The first-order valence-electron chi connectivity index (χ1n) is 9.67. The number of rotatable bonds is 6. The minimum Gasteiger partial charge on any atom is -0.475 e. The first kappa shape index (κ1) is 20.3. The molecule has 0 fully saturated rings. The van der Waals surface area contributed by atoms with Gasteiger partial charge in [-0.05, 0) is 54.3 Å². The fraction of sp³-hybridized carbons (Fsp3) is 0.125. The molecule has 2 aromatic heterocycles. The Kier molecular flexibility index (Phi) is 5.51. The number of aryl methyl sites for hydroxylation is 1. The van der Waals surface area contributed by atoms with Gasteiger partial charge in [-0.2, -0.15) is 0 Å². The van der Waals surface area contributed by atoms with E-state index in [9.17, 15) is 14.7 Å². The van der Waals surface area contributed by atoms with Gasteiger partial charge in [-0.3, -0.25) is 15.1 Å². The fourth-order valence-electron chi connectivity index (χ4n) is 3.54. The van der Waals surface area contributed by atoms with Crippen LogP contribution >= 0.6 is 0 Å². The molecule has 0 radical (unpaired) electrons. The second kappa shape index (κ2) is 8.41. The highest BCUT2D eigenvalue weighted by molar-refractivity contribution is 6.04. The van der Waals surface area contributed by atoms with E-state index in [1.807, 2.05) is 37.3 Å². The number of aliphatic hydroxyl groups excluding tert-OH is 1. The number of benzene rings is 2. The summed E-state index contributed by atoms with van der Waals surface area (Å²) in [5.74, 6) is -1.78. The van der Waals surface area contributed by atoms with E-state index in [2.05, 4.69) is 10.3 Å². The molecule has 0 saturated carbocycles. The van der Waals surface area contributed by atoms with Crippen molar-refractivity contribution in [2.24, 2.45) is 0 Å². The van der Waals surface area contributed by atoms with Crippen LogP contribution in [0.15, 0.2) is 65.1 Å². The molecule has 0 saturated heterocycles. The lowest BCUT2D eigenvalue weighted by atomic mass is 9.98. The van der Waals surface area contributed by atoms with Crippen LogP contribution in [0.4, 0.5) is 5.88 Å². The first-order valence-corrected chi connectivity index (χ1v) is 9.67. The van der Waals surface area contributed by atoms with Crippen molar-refractivity contribution in [2.75, 3.05) is 5.32 Å². The average Bonchev–Trinajstić information content (AvgIpc) is 3.22. The number of anilines is 1. The van der Waals surface area contributed by atoms with Gasteiger partial charge in [-0.15, -0.1) is 0 Å². The Bertz CT molecular complexity index is 1290. The zero-order valence-corrected chi connectivity index (χ0v) is 16.8. The van der Waals surface area contributed by atoms with Gasteiger partial charge in [0.25, 0.3) is 5.91 Å². The maximum atomic E-state index is 12.6. The molecule has 2 heterocycles. The molecule has 3 N–H and O–H groups in total. The van der Waals surface area contributed by atoms with E-state index >= 15 is 0 Å². The number of furan rings is 1. The van der Waals surface area contributed by atoms with Crippen LogP contribution in [0.2, 0.25) is 0 Å². The number of nitrogens with zero attached hydrogens (tertiary/aromatic N) is 1. The number of hydrogen-bond donors (Lipinski definition) is 3. The smallest absolute Gasteiger partial charge is 0.371 e. The molecular formula is C24H20N2O5. The minimum absolute atomic E-state index is 0.0602. The SMILES string of the molecule is Cc1cc(CO)c2cccc(Cc3cccc(C(=O)Nc4ccc(C(=O)O)o4)c3)c2n1. The highest BCUT2D eigenvalue weighted by atomic mass is 16.4. The van der Waals surface area contributed by atoms with Gasteiger partial charge in [0.1, 0.15) is 0 Å². The predicted octanol–water partition coefficient (Wildman–Crippen LogP) is 4.17. The molecule has 0 unspecified atom stereocenters. The summed E-state index contributed by atoms with van der Waals surface area (Å²) in [5, 5.41) is 22.1. The van der Waals surface area contributed by atoms with Crippen LogP contribution in [-0.2, 0) is 13.0 Å². The highest BCUT2D eigenvalue weighted by Gasteiger charge is 2.14. The largest absolute Gasteiger partial charge is 0.475 e. The summed E-state index contributed by atoms with van der Waals surface area (Å²) in [6.07, 6.45) is 0.559. The maximum Gasteiger partial charge on any atom is 0.371 e. The van der Waals surface area contributed by atoms with Crippen LogP contribution < -0.4 is 5.32 Å². The number of fused-ring (bicyclic) bond motifs is 1. The number of para-hydroxylation sites is 1. The van der Waals surface area contributed by atoms with Crippen molar-refractivity contribution in [1.29, 1.82) is 0 Å². The molecule has 156 valence electrons. The number of pyridine rings is 1. The van der Waals surface area contributed by atoms with E-state index in [1.165, 1.54) is 12.1 Å². The molecule has 0 aliphatic rings. The van der Waals surface area contributed by atoms with Gasteiger partial charge in [0, 0.05) is 22.7 Å². The van der Waals surface area contributed by atoms with Gasteiger partial charge in [-0.25, -0.2) is 4.79 Å². The zero-order chi connectivity index (χ0) is 22.0. The highest BCUT2D eigenvalue weighted by Crippen LogP contribution is 2.24. The molecule has 0 bridgehead atoms. The van der Waals surface area contributed by atoms with Gasteiger partial charge in [-0.1, -0.05) is 30.3 Å². The van der Waals surface area contributed by atoms with Crippen LogP contribution in [0.25, 0.3) is 10.9 Å². The molecular weight excluding hydrogens is 396 g/mol. The van der Waals surface area contributed by atoms with Gasteiger partial charge >= 0.3 is 5.97 Å². The summed E-state index contributed by atoms with van der Waals surface area (Å²) in [6.45, 7) is 1.83. The van der Waals surface area contributed by atoms with Crippen molar-refractivity contribution in [3.05, 3.63) is 94.4 Å². The molecule has 0 aliphatic heterocycles. The van der Waals surface area contributed by atoms with E-state index in [1.54, 1.807) is 18.2 Å². The van der Waals surface area contributed by atoms with E-state index < -0.39 is 11.9 Å². The topological polar surface area (TPSA) is 113 Å². The Morgan fingerprint density at radius 1 is 1.03 bits per heavy atom. The molecule has 31 heavy (non-hydrogen) atoms. The minimum atomic E-state index is -1.20. The van der Waals surface area contributed by atoms with Gasteiger partial charge in [0.15, 0.2) is 0 Å². The molecule has 0 aliphatic carbocycles. The second-order valence-electron chi connectivity index (χ2n) is 7.19. The van der Waals surface area contributed by atoms with Crippen LogP contribution in [-0.4, -0.2) is 27.1 Å². The Balaban J connectivity index is 1.59. The molecule has 7 heteroatoms. The number of aliphatic hydroxyl groups is 1. The number of carbonyl (C=O) groups excluding carboxylic acids is 1. The van der Waals surface area contributed by atoms with Crippen LogP contribution in [0, 0.1) is 6.92 Å². The third-order valence-electron chi connectivity index (χ3n) is 4.94. The number of aromatic nitrogens is 1. The number of amides is 1. The summed E-state index contributed by atoms with van der Waals surface area (Å²) < 4.78 is 5.08. The lowest BCUT2D eigenvalue weighted by Crippen LogP contribution is -2.11. The van der Waals surface area contributed by atoms with E-state index in [4.69, 9.17) is 9.52 Å². The van der Waals surface area contributed by atoms with Crippen molar-refractivity contribution in [3.8, 4) is 0 Å². The molecule has 0 atom stereocenters. The van der Waals surface area contributed by atoms with Crippen LogP contribution in [0.5, 0.6) is 0 Å². The third-order valence-corrected chi connectivity index (χ3v) is 4.94. The summed E-state index contributed by atoms with van der Waals surface area (Å²) in [6, 6.07) is 17.6. The number of carbonyl (C=O) groups is 2. The monoisotopic (exact) mass is 416 g/mol. The molecule has 1 amide bonds. The average molecular weight is 416 g/mol. The maximum absolute atomic E-state index is 12.6. The Morgan fingerprint density at radius 3 is 2.58 bits per heavy atom. The number of carboxylic acids is 1. The van der Waals surface area contributed by atoms with Crippen molar-refractivity contribution in [3.63, 3.8) is 0 Å². The standard InChI is InChI=1S/C24H20N2O5/c1-14-10-18(13-27)19-7-3-5-16(22(19)25-14)11-15-4-2-6-17(12-15)23(28)26-21-9-8-20(31-21)24(29)30/h2-10,12,27H,11,13H2,1H3,(H,26,28)(H,29,30). The first-order chi connectivity index (χ1) is 14.9. The Hall–Kier alpha value is -3.97. The molecule has 0 spiro atoms. The Labute approximate surface area is 178 Å². The van der Waals surface area contributed by atoms with Crippen molar-refractivity contribution in [2.45, 2.75) is 20.0 Å².